The molecule has 2 nitrogen and oxygen atoms in total. The van der Waals surface area contributed by atoms with E-state index in [9.17, 15) is 0 Å². The Hall–Kier alpha value is -1.22. The van der Waals surface area contributed by atoms with Gasteiger partial charge < -0.3 is 10.2 Å². The first-order chi connectivity index (χ1) is 11.5. The fourth-order valence-electron chi connectivity index (χ4n) is 3.31. The molecule has 1 fully saturated rings. The molecule has 127 valence electrons. The molecule has 1 unspecified atom stereocenters. The van der Waals surface area contributed by atoms with Gasteiger partial charge in [0.1, 0.15) is 0 Å². The van der Waals surface area contributed by atoms with Crippen LogP contribution in [0.4, 0.5) is 5.69 Å². The summed E-state index contributed by atoms with van der Waals surface area (Å²) < 4.78 is 0. The van der Waals surface area contributed by atoms with Gasteiger partial charge in [-0.25, -0.2) is 0 Å². The van der Waals surface area contributed by atoms with Gasteiger partial charge in [0, 0.05) is 31.4 Å². The maximum atomic E-state index is 6.19. The van der Waals surface area contributed by atoms with Crippen molar-refractivity contribution in [3.05, 3.63) is 58.9 Å². The van der Waals surface area contributed by atoms with Crippen LogP contribution >= 0.6 is 23.2 Å². The van der Waals surface area contributed by atoms with Crippen LogP contribution in [-0.2, 0) is 0 Å². The molecule has 0 bridgehead atoms. The average molecular weight is 362 g/mol. The lowest BCUT2D eigenvalue weighted by Crippen LogP contribution is -2.54. The van der Waals surface area contributed by atoms with E-state index in [0.29, 0.717) is 22.0 Å². The van der Waals surface area contributed by atoms with E-state index in [4.69, 9.17) is 23.2 Å². The highest BCUT2D eigenvalue weighted by molar-refractivity contribution is 6.42. The van der Waals surface area contributed by atoms with E-state index < -0.39 is 0 Å². The minimum Gasteiger partial charge on any atom is -0.365 e. The third kappa shape index (κ3) is 3.56. The predicted molar refractivity (Wildman–Crippen MR) is 105 cm³/mol. The van der Waals surface area contributed by atoms with Gasteiger partial charge in [0.2, 0.25) is 0 Å². The first-order valence-corrected chi connectivity index (χ1v) is 9.11. The molecular formula is C20H23Cl2N2. The highest BCUT2D eigenvalue weighted by Crippen LogP contribution is 2.33. The monoisotopic (exact) mass is 361 g/mol. The summed E-state index contributed by atoms with van der Waals surface area (Å²) in [6.45, 7) is 11.8. The molecule has 0 aliphatic carbocycles. The van der Waals surface area contributed by atoms with Gasteiger partial charge in [-0.1, -0.05) is 55.2 Å². The standard InChI is InChI=1S/C20H23Cl2N2/c1-13(2)20-12-23-8-9-24(20)19-11-16(5-4-14(19)3)15-6-7-17(21)18(22)10-15/h4-7,10-11,13,20,23H,3,8-9,12H2,1-2H3. The first-order valence-electron chi connectivity index (χ1n) is 8.36. The molecule has 3 rings (SSSR count). The summed E-state index contributed by atoms with van der Waals surface area (Å²) in [7, 11) is 0. The molecule has 0 spiro atoms. The van der Waals surface area contributed by atoms with Crippen molar-refractivity contribution in [2.75, 3.05) is 24.5 Å². The second-order valence-corrected chi connectivity index (χ2v) is 7.50. The van der Waals surface area contributed by atoms with E-state index in [1.807, 2.05) is 18.2 Å². The summed E-state index contributed by atoms with van der Waals surface area (Å²) in [6.07, 6.45) is 0. The van der Waals surface area contributed by atoms with Crippen molar-refractivity contribution in [1.82, 2.24) is 5.32 Å². The van der Waals surface area contributed by atoms with Gasteiger partial charge >= 0.3 is 0 Å². The fraction of sp³-hybridized carbons (Fsp3) is 0.350. The number of piperazine rings is 1. The van der Waals surface area contributed by atoms with E-state index in [-0.39, 0.29) is 0 Å². The Morgan fingerprint density at radius 1 is 1.08 bits per heavy atom. The summed E-state index contributed by atoms with van der Waals surface area (Å²) >= 11 is 12.2. The Labute approximate surface area is 154 Å². The number of anilines is 1. The summed E-state index contributed by atoms with van der Waals surface area (Å²) in [5, 5.41) is 4.66. The van der Waals surface area contributed by atoms with E-state index in [2.05, 4.69) is 49.2 Å². The molecule has 0 saturated carbocycles. The summed E-state index contributed by atoms with van der Waals surface area (Å²) in [5.74, 6) is 0.575. The van der Waals surface area contributed by atoms with Crippen LogP contribution in [0.3, 0.4) is 0 Å². The van der Waals surface area contributed by atoms with E-state index in [1.165, 1.54) is 5.69 Å². The number of rotatable bonds is 3. The molecule has 0 aromatic heterocycles. The van der Waals surface area contributed by atoms with Gasteiger partial charge in [-0.15, -0.1) is 0 Å². The van der Waals surface area contributed by atoms with Crippen LogP contribution in [0, 0.1) is 12.8 Å². The number of hydrogen-bond donors (Lipinski definition) is 1. The molecule has 1 N–H and O–H groups in total. The molecular weight excluding hydrogens is 339 g/mol. The van der Waals surface area contributed by atoms with Gasteiger partial charge in [0.15, 0.2) is 0 Å². The Morgan fingerprint density at radius 2 is 1.79 bits per heavy atom. The zero-order valence-corrected chi connectivity index (χ0v) is 15.7. The molecule has 1 heterocycles. The van der Waals surface area contributed by atoms with Gasteiger partial charge in [-0.3, -0.25) is 0 Å². The minimum atomic E-state index is 0.475. The van der Waals surface area contributed by atoms with E-state index in [0.717, 1.165) is 36.3 Å². The minimum absolute atomic E-state index is 0.475. The summed E-state index contributed by atoms with van der Waals surface area (Å²) in [5.41, 5.74) is 4.48. The molecule has 24 heavy (non-hydrogen) atoms. The lowest BCUT2D eigenvalue weighted by molar-refractivity contribution is 0.390. The number of hydrogen-bond acceptors (Lipinski definition) is 2. The lowest BCUT2D eigenvalue weighted by Gasteiger charge is -2.41. The average Bonchev–Trinajstić information content (AvgIpc) is 2.58. The highest BCUT2D eigenvalue weighted by atomic mass is 35.5. The Bertz CT molecular complexity index is 728. The predicted octanol–water partition coefficient (Wildman–Crippen LogP) is 5.28. The van der Waals surface area contributed by atoms with Crippen LogP contribution in [0.25, 0.3) is 11.1 Å². The normalized spacial score (nSPS) is 18.2. The molecule has 1 aliphatic heterocycles. The number of halogens is 2. The number of nitrogens with one attached hydrogen (secondary N) is 1. The Morgan fingerprint density at radius 3 is 2.50 bits per heavy atom. The van der Waals surface area contributed by atoms with Crippen LogP contribution in [0.5, 0.6) is 0 Å². The van der Waals surface area contributed by atoms with Crippen molar-refractivity contribution in [3.8, 4) is 11.1 Å². The SMILES string of the molecule is [CH2]c1ccc(-c2ccc(Cl)c(Cl)c2)cc1N1CCNCC1C(C)C. The van der Waals surface area contributed by atoms with Crippen LogP contribution < -0.4 is 10.2 Å². The molecule has 1 radical (unpaired) electrons. The fourth-order valence-corrected chi connectivity index (χ4v) is 3.60. The maximum absolute atomic E-state index is 6.19. The molecule has 0 amide bonds. The topological polar surface area (TPSA) is 15.3 Å². The molecule has 2 aromatic rings. The van der Waals surface area contributed by atoms with Gasteiger partial charge in [0.05, 0.1) is 10.0 Å². The van der Waals surface area contributed by atoms with Crippen LogP contribution in [0.1, 0.15) is 19.4 Å². The van der Waals surface area contributed by atoms with Crippen molar-refractivity contribution in [2.45, 2.75) is 19.9 Å². The van der Waals surface area contributed by atoms with E-state index >= 15 is 0 Å². The van der Waals surface area contributed by atoms with Crippen molar-refractivity contribution in [2.24, 2.45) is 5.92 Å². The van der Waals surface area contributed by atoms with Gasteiger partial charge in [-0.05, 0) is 47.7 Å². The summed E-state index contributed by atoms with van der Waals surface area (Å²) in [4.78, 5) is 2.49. The van der Waals surface area contributed by atoms with Crippen LogP contribution in [0.2, 0.25) is 10.0 Å². The second kappa shape index (κ2) is 7.35. The number of nitrogens with zero attached hydrogens (tertiary/aromatic N) is 1. The van der Waals surface area contributed by atoms with Gasteiger partial charge in [0.25, 0.3) is 0 Å². The molecule has 1 saturated heterocycles. The third-order valence-electron chi connectivity index (χ3n) is 4.70. The molecule has 1 atom stereocenters. The van der Waals surface area contributed by atoms with Crippen molar-refractivity contribution in [1.29, 1.82) is 0 Å². The van der Waals surface area contributed by atoms with E-state index in [1.54, 1.807) is 0 Å². The second-order valence-electron chi connectivity index (χ2n) is 6.68. The first kappa shape index (κ1) is 17.6. The third-order valence-corrected chi connectivity index (χ3v) is 5.44. The number of benzene rings is 2. The summed E-state index contributed by atoms with van der Waals surface area (Å²) in [6, 6.07) is 12.7. The smallest absolute Gasteiger partial charge is 0.0598 e. The quantitative estimate of drug-likeness (QED) is 0.800. The maximum Gasteiger partial charge on any atom is 0.0598 e. The Balaban J connectivity index is 2.00. The zero-order valence-electron chi connectivity index (χ0n) is 14.2. The van der Waals surface area contributed by atoms with Gasteiger partial charge in [-0.2, -0.15) is 0 Å². The van der Waals surface area contributed by atoms with Crippen LogP contribution in [-0.4, -0.2) is 25.7 Å². The zero-order chi connectivity index (χ0) is 17.3. The lowest BCUT2D eigenvalue weighted by atomic mass is 9.97. The Kier molecular flexibility index (Phi) is 5.39. The van der Waals surface area contributed by atoms with Crippen molar-refractivity contribution >= 4 is 28.9 Å². The van der Waals surface area contributed by atoms with Crippen molar-refractivity contribution < 1.29 is 0 Å². The molecule has 4 heteroatoms. The van der Waals surface area contributed by atoms with Crippen molar-refractivity contribution in [3.63, 3.8) is 0 Å². The highest BCUT2D eigenvalue weighted by Gasteiger charge is 2.26. The molecule has 1 aliphatic rings. The largest absolute Gasteiger partial charge is 0.365 e. The molecule has 2 aromatic carbocycles. The van der Waals surface area contributed by atoms with Crippen LogP contribution in [0.15, 0.2) is 36.4 Å².